The summed E-state index contributed by atoms with van der Waals surface area (Å²) in [6, 6.07) is 0. The number of nitrogens with two attached hydrogens (primary N) is 1. The third kappa shape index (κ3) is 4.20. The topological polar surface area (TPSA) is 35.2 Å². The van der Waals surface area contributed by atoms with Gasteiger partial charge in [-0.25, -0.2) is 0 Å². The molecule has 1 rings (SSSR count). The lowest BCUT2D eigenvalue weighted by atomic mass is 9.95. The molecule has 0 radical (unpaired) electrons. The molecule has 1 saturated heterocycles. The van der Waals surface area contributed by atoms with E-state index >= 15 is 0 Å². The van der Waals surface area contributed by atoms with Crippen molar-refractivity contribution in [2.45, 2.75) is 50.6 Å². The van der Waals surface area contributed by atoms with Crippen molar-refractivity contribution in [3.05, 3.63) is 0 Å². The van der Waals surface area contributed by atoms with E-state index in [1.807, 2.05) is 11.8 Å². The number of ether oxygens (including phenoxy) is 1. The molecule has 0 saturated carbocycles. The molecule has 2 N–H and O–H groups in total. The summed E-state index contributed by atoms with van der Waals surface area (Å²) < 4.78 is 5.97. The summed E-state index contributed by atoms with van der Waals surface area (Å²) >= 11 is 1.85. The monoisotopic (exact) mass is 217 g/mol. The van der Waals surface area contributed by atoms with Crippen molar-refractivity contribution < 1.29 is 4.74 Å². The molecule has 1 heterocycles. The lowest BCUT2D eigenvalue weighted by Crippen LogP contribution is -2.30. The smallest absolute Gasteiger partial charge is 0.103 e. The summed E-state index contributed by atoms with van der Waals surface area (Å²) in [7, 11) is 0. The Morgan fingerprint density at radius 2 is 2.14 bits per heavy atom. The Bertz CT molecular complexity index is 154. The van der Waals surface area contributed by atoms with E-state index in [9.17, 15) is 0 Å². The van der Waals surface area contributed by atoms with Gasteiger partial charge in [0, 0.05) is 0 Å². The maximum atomic E-state index is 5.97. The van der Waals surface area contributed by atoms with Crippen molar-refractivity contribution in [2.75, 3.05) is 12.8 Å². The molecular weight excluding hydrogens is 194 g/mol. The molecule has 0 aromatic rings. The number of rotatable bonds is 5. The summed E-state index contributed by atoms with van der Waals surface area (Å²) in [4.78, 5) is 0. The molecular formula is C11H23NOS. The second-order valence-electron chi connectivity index (χ2n) is 4.28. The van der Waals surface area contributed by atoms with Crippen molar-refractivity contribution in [3.63, 3.8) is 0 Å². The van der Waals surface area contributed by atoms with Gasteiger partial charge < -0.3 is 10.5 Å². The third-order valence-corrected chi connectivity index (χ3v) is 3.68. The molecule has 3 heteroatoms. The highest BCUT2D eigenvalue weighted by atomic mass is 32.2. The fourth-order valence-corrected chi connectivity index (χ4v) is 2.84. The van der Waals surface area contributed by atoms with Crippen molar-refractivity contribution in [1.29, 1.82) is 0 Å². The normalized spacial score (nSPS) is 33.2. The van der Waals surface area contributed by atoms with Crippen LogP contribution in [0.1, 0.15) is 39.0 Å². The van der Waals surface area contributed by atoms with Gasteiger partial charge >= 0.3 is 0 Å². The van der Waals surface area contributed by atoms with E-state index in [4.69, 9.17) is 10.5 Å². The summed E-state index contributed by atoms with van der Waals surface area (Å²) in [5, 5.41) is 0. The molecule has 0 bridgehead atoms. The average molecular weight is 217 g/mol. The fourth-order valence-electron chi connectivity index (χ4n) is 2.05. The van der Waals surface area contributed by atoms with Crippen LogP contribution in [0.25, 0.3) is 0 Å². The van der Waals surface area contributed by atoms with Gasteiger partial charge in [-0.3, -0.25) is 0 Å². The van der Waals surface area contributed by atoms with Crippen LogP contribution in [0.3, 0.4) is 0 Å². The van der Waals surface area contributed by atoms with Crippen LogP contribution in [0, 0.1) is 5.92 Å². The van der Waals surface area contributed by atoms with E-state index in [2.05, 4.69) is 13.2 Å². The Labute approximate surface area is 92.0 Å². The Balaban J connectivity index is 2.23. The zero-order chi connectivity index (χ0) is 10.4. The Morgan fingerprint density at radius 3 is 2.79 bits per heavy atom. The summed E-state index contributed by atoms with van der Waals surface area (Å²) in [6.45, 7) is 3.15. The molecule has 1 aliphatic rings. The molecule has 2 nitrogen and oxygen atoms in total. The first-order valence-electron chi connectivity index (χ1n) is 5.64. The highest BCUT2D eigenvalue weighted by Gasteiger charge is 2.25. The lowest BCUT2D eigenvalue weighted by Gasteiger charge is -2.33. The Morgan fingerprint density at radius 1 is 1.36 bits per heavy atom. The third-order valence-electron chi connectivity index (χ3n) is 2.85. The van der Waals surface area contributed by atoms with E-state index in [1.165, 1.54) is 25.7 Å². The van der Waals surface area contributed by atoms with Gasteiger partial charge in [-0.1, -0.05) is 6.92 Å². The van der Waals surface area contributed by atoms with Crippen molar-refractivity contribution in [2.24, 2.45) is 11.7 Å². The number of hydrogen-bond acceptors (Lipinski definition) is 3. The van der Waals surface area contributed by atoms with Crippen LogP contribution in [0.2, 0.25) is 0 Å². The first kappa shape index (κ1) is 12.3. The Kier molecular flexibility index (Phi) is 5.90. The largest absolute Gasteiger partial charge is 0.364 e. The van der Waals surface area contributed by atoms with Crippen LogP contribution in [-0.2, 0) is 4.74 Å². The zero-order valence-corrected chi connectivity index (χ0v) is 10.2. The van der Waals surface area contributed by atoms with Crippen LogP contribution in [0.5, 0.6) is 0 Å². The number of unbranched alkanes of at least 4 members (excludes halogenated alkanes) is 1. The standard InChI is InChI=1S/C11H23NOS/c1-9-7-10(5-3-4-6-12)13-11(8-9)14-2/h9-11H,3-8,12H2,1-2H3/t9-,10?,11?/m1/s1. The molecule has 0 aromatic carbocycles. The quantitative estimate of drug-likeness (QED) is 0.719. The second-order valence-corrected chi connectivity index (χ2v) is 5.28. The molecule has 84 valence electrons. The molecule has 0 aliphatic carbocycles. The maximum absolute atomic E-state index is 5.97. The number of thioether (sulfide) groups is 1. The van der Waals surface area contributed by atoms with Gasteiger partial charge in [0.2, 0.25) is 0 Å². The van der Waals surface area contributed by atoms with Gasteiger partial charge in [0.1, 0.15) is 5.44 Å². The van der Waals surface area contributed by atoms with Crippen LogP contribution in [-0.4, -0.2) is 24.3 Å². The van der Waals surface area contributed by atoms with Gasteiger partial charge in [0.15, 0.2) is 0 Å². The van der Waals surface area contributed by atoms with E-state index in [0.29, 0.717) is 11.5 Å². The Hall–Kier alpha value is 0.270. The van der Waals surface area contributed by atoms with E-state index in [-0.39, 0.29) is 0 Å². The van der Waals surface area contributed by atoms with E-state index in [1.54, 1.807) is 0 Å². The minimum atomic E-state index is 0.432. The van der Waals surface area contributed by atoms with E-state index in [0.717, 1.165) is 18.9 Å². The van der Waals surface area contributed by atoms with Crippen molar-refractivity contribution >= 4 is 11.8 Å². The predicted molar refractivity (Wildman–Crippen MR) is 63.5 cm³/mol. The first-order chi connectivity index (χ1) is 6.76. The van der Waals surface area contributed by atoms with Crippen LogP contribution < -0.4 is 5.73 Å². The average Bonchev–Trinajstić information content (AvgIpc) is 2.17. The molecule has 3 atom stereocenters. The molecule has 0 amide bonds. The minimum Gasteiger partial charge on any atom is -0.364 e. The zero-order valence-electron chi connectivity index (χ0n) is 9.37. The van der Waals surface area contributed by atoms with Crippen LogP contribution in [0.15, 0.2) is 0 Å². The molecule has 0 spiro atoms. The van der Waals surface area contributed by atoms with Crippen LogP contribution in [0.4, 0.5) is 0 Å². The first-order valence-corrected chi connectivity index (χ1v) is 6.93. The molecule has 1 aliphatic heterocycles. The number of hydrogen-bond donors (Lipinski definition) is 1. The van der Waals surface area contributed by atoms with E-state index < -0.39 is 0 Å². The lowest BCUT2D eigenvalue weighted by molar-refractivity contribution is -0.0287. The summed E-state index contributed by atoms with van der Waals surface area (Å²) in [6.07, 6.45) is 8.63. The van der Waals surface area contributed by atoms with Gasteiger partial charge in [-0.15, -0.1) is 11.8 Å². The molecule has 2 unspecified atom stereocenters. The summed E-state index contributed by atoms with van der Waals surface area (Å²) in [5.74, 6) is 0.823. The van der Waals surface area contributed by atoms with Crippen molar-refractivity contribution in [3.8, 4) is 0 Å². The fraction of sp³-hybridized carbons (Fsp3) is 1.00. The van der Waals surface area contributed by atoms with Gasteiger partial charge in [0.25, 0.3) is 0 Å². The summed E-state index contributed by atoms with van der Waals surface area (Å²) in [5.41, 5.74) is 5.91. The highest BCUT2D eigenvalue weighted by Crippen LogP contribution is 2.31. The predicted octanol–water partition coefficient (Wildman–Crippen LogP) is 2.62. The molecule has 0 aromatic heterocycles. The minimum absolute atomic E-state index is 0.432. The van der Waals surface area contributed by atoms with Crippen LogP contribution >= 0.6 is 11.8 Å². The van der Waals surface area contributed by atoms with Gasteiger partial charge in [-0.2, -0.15) is 0 Å². The SMILES string of the molecule is CSC1C[C@H](C)CC(CCCCN)O1. The maximum Gasteiger partial charge on any atom is 0.103 e. The van der Waals surface area contributed by atoms with Crippen molar-refractivity contribution in [1.82, 2.24) is 0 Å². The van der Waals surface area contributed by atoms with Gasteiger partial charge in [0.05, 0.1) is 6.10 Å². The molecule has 14 heavy (non-hydrogen) atoms. The molecule has 1 fully saturated rings. The second kappa shape index (κ2) is 6.70. The van der Waals surface area contributed by atoms with Gasteiger partial charge in [-0.05, 0) is 50.8 Å². The highest BCUT2D eigenvalue weighted by molar-refractivity contribution is 7.99.